The predicted octanol–water partition coefficient (Wildman–Crippen LogP) is 5.84. The number of nitrogens with zero attached hydrogens (tertiary/aromatic N) is 2. The van der Waals surface area contributed by atoms with Crippen molar-refractivity contribution in [3.63, 3.8) is 0 Å². The normalized spacial score (nSPS) is 17.3. The van der Waals surface area contributed by atoms with Gasteiger partial charge in [-0.2, -0.15) is 0 Å². The van der Waals surface area contributed by atoms with Crippen LogP contribution in [-0.2, 0) is 17.8 Å². The summed E-state index contributed by atoms with van der Waals surface area (Å²) in [5, 5.41) is 1.12. The van der Waals surface area contributed by atoms with Crippen LogP contribution in [0.2, 0.25) is 0 Å². The third-order valence-electron chi connectivity index (χ3n) is 6.87. The highest BCUT2D eigenvalue weighted by molar-refractivity contribution is 6.12. The fourth-order valence-corrected chi connectivity index (χ4v) is 5.08. The lowest BCUT2D eigenvalue weighted by molar-refractivity contribution is -0.120. The molecule has 4 aromatic rings. The highest BCUT2D eigenvalue weighted by Gasteiger charge is 2.41. The summed E-state index contributed by atoms with van der Waals surface area (Å²) in [6.07, 6.45) is 10.3. The van der Waals surface area contributed by atoms with Gasteiger partial charge in [-0.15, -0.1) is 0 Å². The Hall–Kier alpha value is -3.86. The summed E-state index contributed by atoms with van der Waals surface area (Å²) in [5.74, 6) is 0.980. The maximum atomic E-state index is 13.0. The third kappa shape index (κ3) is 3.87. The second-order valence-electron chi connectivity index (χ2n) is 8.82. The number of hydrogen-bond acceptors (Lipinski definition) is 3. The number of methoxy groups -OCH3 is 1. The summed E-state index contributed by atoms with van der Waals surface area (Å²) in [4.78, 5) is 21.1. The molecule has 2 aromatic heterocycles. The Morgan fingerprint density at radius 2 is 1.91 bits per heavy atom. The number of aryl methyl sites for hydroxylation is 1. The van der Waals surface area contributed by atoms with Gasteiger partial charge in [-0.25, -0.2) is 0 Å². The first-order chi connectivity index (χ1) is 16.6. The van der Waals surface area contributed by atoms with Gasteiger partial charge in [-0.3, -0.25) is 9.79 Å². The van der Waals surface area contributed by atoms with Crippen LogP contribution in [0.4, 0.5) is 0 Å². The van der Waals surface area contributed by atoms with Gasteiger partial charge in [0, 0.05) is 46.3 Å². The van der Waals surface area contributed by atoms with Gasteiger partial charge in [0.2, 0.25) is 0 Å². The fourth-order valence-electron chi connectivity index (χ4n) is 5.08. The molecule has 3 heterocycles. The maximum Gasteiger partial charge on any atom is 0.161 e. The van der Waals surface area contributed by atoms with Crippen LogP contribution in [0, 0.1) is 0 Å². The summed E-state index contributed by atoms with van der Waals surface area (Å²) < 4.78 is 7.78. The molecule has 1 unspecified atom stereocenters. The lowest BCUT2D eigenvalue weighted by Crippen LogP contribution is -2.35. The van der Waals surface area contributed by atoms with Crippen molar-refractivity contribution in [3.05, 3.63) is 96.0 Å². The monoisotopic (exact) mass is 451 g/mol. The number of ketones is 1. The van der Waals surface area contributed by atoms with Gasteiger partial charge in [0.25, 0.3) is 0 Å². The Kier molecular flexibility index (Phi) is 5.93. The van der Waals surface area contributed by atoms with Gasteiger partial charge >= 0.3 is 0 Å². The van der Waals surface area contributed by atoms with E-state index in [1.165, 1.54) is 5.69 Å². The molecule has 0 saturated heterocycles. The van der Waals surface area contributed by atoms with Crippen molar-refractivity contribution in [3.8, 4) is 5.75 Å². The molecule has 0 saturated carbocycles. The molecule has 1 N–H and O–H groups in total. The van der Waals surface area contributed by atoms with Crippen molar-refractivity contribution in [2.24, 2.45) is 4.99 Å². The number of allylic oxidation sites excluding steroid dienone is 1. The number of Topliss-reactive ketones (excluding diaryl/α,β-unsaturated/α-hetero) is 1. The summed E-state index contributed by atoms with van der Waals surface area (Å²) in [7, 11) is 1.71. The summed E-state index contributed by atoms with van der Waals surface area (Å²) in [6, 6.07) is 20.5. The average Bonchev–Trinajstić information content (AvgIpc) is 3.58. The predicted molar refractivity (Wildman–Crippen MR) is 138 cm³/mol. The molecule has 172 valence electrons. The Morgan fingerprint density at radius 3 is 2.76 bits per heavy atom. The first-order valence-electron chi connectivity index (χ1n) is 11.7. The molecule has 0 fully saturated rings. The number of aromatic nitrogens is 2. The Labute approximate surface area is 199 Å². The van der Waals surface area contributed by atoms with Crippen LogP contribution in [0.3, 0.4) is 0 Å². The minimum atomic E-state index is -0.828. The van der Waals surface area contributed by atoms with Crippen LogP contribution in [0.25, 0.3) is 16.5 Å². The zero-order chi connectivity index (χ0) is 23.5. The van der Waals surface area contributed by atoms with E-state index in [0.29, 0.717) is 6.42 Å². The van der Waals surface area contributed by atoms with Gasteiger partial charge in [0.15, 0.2) is 5.78 Å². The van der Waals surface area contributed by atoms with E-state index >= 15 is 0 Å². The number of benzene rings is 2. The number of nitrogens with one attached hydrogen (secondary N) is 1. The first-order valence-corrected chi connectivity index (χ1v) is 11.7. The van der Waals surface area contributed by atoms with Crippen LogP contribution in [-0.4, -0.2) is 34.2 Å². The molecular formula is C29H29N3O2. The standard InChI is InChI=1S/C29H29N3O2/c1-21(33)29(26(15-17-31-29)25-19-30-27-13-5-4-12-24(25)27)16-7-10-23-11-8-18-32(23)20-22-9-3-6-14-28(22)34-2/h3-6,8-9,11-15,17-19,30H,7,10,16,20H2,1-2H3. The fraction of sp³-hybridized carbons (Fsp3) is 0.241. The quantitative estimate of drug-likeness (QED) is 0.347. The molecule has 1 aliphatic heterocycles. The van der Waals surface area contributed by atoms with Crippen LogP contribution >= 0.6 is 0 Å². The van der Waals surface area contributed by atoms with Crippen molar-refractivity contribution < 1.29 is 9.53 Å². The van der Waals surface area contributed by atoms with Crippen LogP contribution in [0.5, 0.6) is 5.75 Å². The topological polar surface area (TPSA) is 59.4 Å². The molecular weight excluding hydrogens is 422 g/mol. The average molecular weight is 452 g/mol. The number of para-hydroxylation sites is 2. The minimum absolute atomic E-state index is 0.0854. The van der Waals surface area contributed by atoms with E-state index in [0.717, 1.165) is 52.7 Å². The Balaban J connectivity index is 1.34. The molecule has 0 amide bonds. The van der Waals surface area contributed by atoms with Gasteiger partial charge < -0.3 is 14.3 Å². The van der Waals surface area contributed by atoms with E-state index in [-0.39, 0.29) is 5.78 Å². The number of ether oxygens (including phenoxy) is 1. The molecule has 5 heteroatoms. The van der Waals surface area contributed by atoms with E-state index < -0.39 is 5.54 Å². The number of hydrogen-bond donors (Lipinski definition) is 1. The number of H-pyrrole nitrogens is 1. The van der Waals surface area contributed by atoms with Gasteiger partial charge in [-0.05, 0) is 62.1 Å². The smallest absolute Gasteiger partial charge is 0.161 e. The molecule has 34 heavy (non-hydrogen) atoms. The molecule has 0 radical (unpaired) electrons. The molecule has 0 aliphatic carbocycles. The summed E-state index contributed by atoms with van der Waals surface area (Å²) in [5.41, 5.74) is 4.67. The van der Waals surface area contributed by atoms with E-state index in [2.05, 4.69) is 46.1 Å². The zero-order valence-electron chi connectivity index (χ0n) is 19.6. The van der Waals surface area contributed by atoms with Crippen molar-refractivity contribution in [2.45, 2.75) is 38.3 Å². The first kappa shape index (κ1) is 22.0. The molecule has 1 atom stereocenters. The second kappa shape index (κ2) is 9.18. The van der Waals surface area contributed by atoms with E-state index in [4.69, 9.17) is 9.73 Å². The summed E-state index contributed by atoms with van der Waals surface area (Å²) in [6.45, 7) is 2.42. The van der Waals surface area contributed by atoms with Gasteiger partial charge in [0.05, 0.1) is 13.7 Å². The highest BCUT2D eigenvalue weighted by atomic mass is 16.5. The molecule has 1 aliphatic rings. The van der Waals surface area contributed by atoms with Crippen LogP contribution in [0.15, 0.2) is 84.1 Å². The third-order valence-corrected chi connectivity index (χ3v) is 6.87. The Bertz CT molecular complexity index is 1390. The van der Waals surface area contributed by atoms with Crippen LogP contribution in [0.1, 0.15) is 36.6 Å². The number of fused-ring (bicyclic) bond motifs is 1. The van der Waals surface area contributed by atoms with Crippen LogP contribution < -0.4 is 4.74 Å². The lowest BCUT2D eigenvalue weighted by atomic mass is 9.79. The lowest BCUT2D eigenvalue weighted by Gasteiger charge is -2.27. The number of carbonyl (C=O) groups excluding carboxylic acids is 1. The maximum absolute atomic E-state index is 13.0. The van der Waals surface area contributed by atoms with Crippen molar-refractivity contribution in [1.82, 2.24) is 9.55 Å². The van der Waals surface area contributed by atoms with Gasteiger partial charge in [0.1, 0.15) is 11.3 Å². The minimum Gasteiger partial charge on any atom is -0.496 e. The van der Waals surface area contributed by atoms with E-state index in [1.807, 2.05) is 42.6 Å². The molecule has 2 aromatic carbocycles. The van der Waals surface area contributed by atoms with Crippen molar-refractivity contribution in [1.29, 1.82) is 0 Å². The molecule has 5 nitrogen and oxygen atoms in total. The zero-order valence-corrected chi connectivity index (χ0v) is 19.6. The van der Waals surface area contributed by atoms with Crippen molar-refractivity contribution >= 4 is 28.5 Å². The molecule has 0 spiro atoms. The van der Waals surface area contributed by atoms with Gasteiger partial charge in [-0.1, -0.05) is 36.4 Å². The summed E-state index contributed by atoms with van der Waals surface area (Å²) >= 11 is 0. The number of carbonyl (C=O) groups is 1. The number of rotatable bonds is 9. The number of aromatic amines is 1. The second-order valence-corrected chi connectivity index (χ2v) is 8.82. The van der Waals surface area contributed by atoms with Crippen molar-refractivity contribution in [2.75, 3.05) is 7.11 Å². The number of aliphatic imine (C=N–C) groups is 1. The Morgan fingerprint density at radius 1 is 1.09 bits per heavy atom. The highest BCUT2D eigenvalue weighted by Crippen LogP contribution is 2.41. The largest absolute Gasteiger partial charge is 0.496 e. The van der Waals surface area contributed by atoms with E-state index in [9.17, 15) is 4.79 Å². The SMILES string of the molecule is COc1ccccc1Cn1cccc1CCCC1(C(C)=O)N=CC=C1c1c[nH]c2ccccc12. The molecule has 5 rings (SSSR count). The van der Waals surface area contributed by atoms with E-state index in [1.54, 1.807) is 20.2 Å². The molecule has 0 bridgehead atoms.